The molecule has 1 aromatic rings. The Kier molecular flexibility index (Phi) is 9.46. The summed E-state index contributed by atoms with van der Waals surface area (Å²) < 4.78 is 11.6. The van der Waals surface area contributed by atoms with Crippen molar-refractivity contribution in [1.29, 1.82) is 0 Å². The standard InChI is InChI=1S/C24H38N4O3/c1-3-25-24(27-15-23(29)28-21-7-5-4-6-8-21)26-14-20-10-9-18(2)13-22(20)31-17-19-11-12-30-16-19/h9-10,13,19,21H,3-8,11-12,14-17H2,1-2H3,(H,28,29)(H2,25,26,27). The van der Waals surface area contributed by atoms with Crippen molar-refractivity contribution < 1.29 is 14.3 Å². The van der Waals surface area contributed by atoms with Gasteiger partial charge in [-0.15, -0.1) is 0 Å². The third-order valence-electron chi connectivity index (χ3n) is 5.86. The van der Waals surface area contributed by atoms with Crippen LogP contribution in [0.1, 0.15) is 56.6 Å². The van der Waals surface area contributed by atoms with Gasteiger partial charge in [-0.1, -0.05) is 31.4 Å². The number of aryl methyl sites for hydroxylation is 1. The lowest BCUT2D eigenvalue weighted by molar-refractivity contribution is -0.120. The number of carbonyl (C=O) groups excluding carboxylic acids is 1. The first-order chi connectivity index (χ1) is 15.1. The maximum atomic E-state index is 12.3. The molecule has 0 spiro atoms. The summed E-state index contributed by atoms with van der Waals surface area (Å²) in [4.78, 5) is 17.0. The molecule has 0 bridgehead atoms. The van der Waals surface area contributed by atoms with Crippen LogP contribution in [0.25, 0.3) is 0 Å². The Bertz CT molecular complexity index is 726. The first kappa shape index (κ1) is 23.4. The number of amides is 1. The van der Waals surface area contributed by atoms with Gasteiger partial charge in [0.25, 0.3) is 0 Å². The third kappa shape index (κ3) is 8.05. The normalized spacial score (nSPS) is 19.8. The quantitative estimate of drug-likeness (QED) is 0.414. The molecule has 0 aromatic heterocycles. The van der Waals surface area contributed by atoms with E-state index in [1.54, 1.807) is 0 Å². The van der Waals surface area contributed by atoms with Crippen molar-refractivity contribution >= 4 is 11.9 Å². The van der Waals surface area contributed by atoms with Crippen LogP contribution in [0.5, 0.6) is 5.75 Å². The maximum absolute atomic E-state index is 12.3. The van der Waals surface area contributed by atoms with Crippen molar-refractivity contribution in [3.05, 3.63) is 29.3 Å². The van der Waals surface area contributed by atoms with E-state index in [0.717, 1.165) is 55.9 Å². The van der Waals surface area contributed by atoms with E-state index in [1.165, 1.54) is 19.3 Å². The summed E-state index contributed by atoms with van der Waals surface area (Å²) in [6.07, 6.45) is 6.91. The van der Waals surface area contributed by atoms with Crippen LogP contribution < -0.4 is 20.7 Å². The summed E-state index contributed by atoms with van der Waals surface area (Å²) in [5.74, 6) is 1.99. The van der Waals surface area contributed by atoms with Gasteiger partial charge in [0, 0.05) is 30.7 Å². The molecule has 3 rings (SSSR count). The van der Waals surface area contributed by atoms with E-state index in [9.17, 15) is 4.79 Å². The fourth-order valence-electron chi connectivity index (χ4n) is 4.04. The summed E-state index contributed by atoms with van der Waals surface area (Å²) in [5.41, 5.74) is 2.20. The average molecular weight is 431 g/mol. The van der Waals surface area contributed by atoms with Gasteiger partial charge < -0.3 is 25.4 Å². The monoisotopic (exact) mass is 430 g/mol. The Hall–Kier alpha value is -2.28. The number of hydrogen-bond acceptors (Lipinski definition) is 4. The van der Waals surface area contributed by atoms with E-state index >= 15 is 0 Å². The molecule has 3 N–H and O–H groups in total. The molecule has 172 valence electrons. The number of guanidine groups is 1. The van der Waals surface area contributed by atoms with Crippen molar-refractivity contribution in [2.75, 3.05) is 32.9 Å². The molecule has 0 radical (unpaired) electrons. The highest BCUT2D eigenvalue weighted by atomic mass is 16.5. The molecule has 1 saturated heterocycles. The maximum Gasteiger partial charge on any atom is 0.239 e. The molecule has 1 atom stereocenters. The van der Waals surface area contributed by atoms with Crippen LogP contribution in [0.2, 0.25) is 0 Å². The van der Waals surface area contributed by atoms with Crippen molar-refractivity contribution in [2.24, 2.45) is 10.9 Å². The van der Waals surface area contributed by atoms with Crippen LogP contribution in [-0.4, -0.2) is 50.8 Å². The van der Waals surface area contributed by atoms with E-state index in [0.29, 0.717) is 31.1 Å². The Morgan fingerprint density at radius 2 is 2.03 bits per heavy atom. The summed E-state index contributed by atoms with van der Waals surface area (Å²) in [6.45, 7) is 7.78. The lowest BCUT2D eigenvalue weighted by atomic mass is 9.95. The zero-order chi connectivity index (χ0) is 21.9. The van der Waals surface area contributed by atoms with Gasteiger partial charge in [0.05, 0.1) is 26.3 Å². The number of nitrogens with one attached hydrogen (secondary N) is 3. The topological polar surface area (TPSA) is 84.0 Å². The molecule has 1 heterocycles. The molecule has 2 fully saturated rings. The third-order valence-corrected chi connectivity index (χ3v) is 5.86. The molecule has 31 heavy (non-hydrogen) atoms. The SMILES string of the molecule is CCNC(=NCc1ccc(C)cc1OCC1CCOC1)NCC(=O)NC1CCCCC1. The molecule has 1 saturated carbocycles. The molecule has 7 heteroatoms. The summed E-state index contributed by atoms with van der Waals surface area (Å²) in [5, 5.41) is 9.51. The molecular formula is C24H38N4O3. The van der Waals surface area contributed by atoms with E-state index in [-0.39, 0.29) is 12.5 Å². The molecule has 1 aliphatic carbocycles. The summed E-state index contributed by atoms with van der Waals surface area (Å²) in [7, 11) is 0. The Morgan fingerprint density at radius 3 is 2.77 bits per heavy atom. The molecule has 7 nitrogen and oxygen atoms in total. The Balaban J connectivity index is 1.54. The first-order valence-electron chi connectivity index (χ1n) is 11.8. The van der Waals surface area contributed by atoms with Gasteiger partial charge in [-0.2, -0.15) is 0 Å². The number of carbonyl (C=O) groups is 1. The van der Waals surface area contributed by atoms with E-state index in [4.69, 9.17) is 9.47 Å². The van der Waals surface area contributed by atoms with Crippen molar-refractivity contribution in [2.45, 2.75) is 65.0 Å². The lowest BCUT2D eigenvalue weighted by Gasteiger charge is -2.23. The van der Waals surface area contributed by atoms with Crippen LogP contribution >= 0.6 is 0 Å². The predicted molar refractivity (Wildman–Crippen MR) is 123 cm³/mol. The molecular weight excluding hydrogens is 392 g/mol. The van der Waals surface area contributed by atoms with Crippen LogP contribution in [-0.2, 0) is 16.1 Å². The smallest absolute Gasteiger partial charge is 0.239 e. The highest BCUT2D eigenvalue weighted by Gasteiger charge is 2.17. The number of rotatable bonds is 9. The predicted octanol–water partition coefficient (Wildman–Crippen LogP) is 2.91. The van der Waals surface area contributed by atoms with Crippen molar-refractivity contribution in [3.8, 4) is 5.75 Å². The molecule has 1 amide bonds. The average Bonchev–Trinajstić information content (AvgIpc) is 3.29. The lowest BCUT2D eigenvalue weighted by Crippen LogP contribution is -2.46. The molecule has 1 aliphatic heterocycles. The zero-order valence-corrected chi connectivity index (χ0v) is 19.0. The van der Waals surface area contributed by atoms with Crippen LogP contribution in [0.4, 0.5) is 0 Å². The Labute approximate surface area is 186 Å². The van der Waals surface area contributed by atoms with Gasteiger partial charge >= 0.3 is 0 Å². The number of nitrogens with zero attached hydrogens (tertiary/aromatic N) is 1. The van der Waals surface area contributed by atoms with Crippen molar-refractivity contribution in [1.82, 2.24) is 16.0 Å². The minimum Gasteiger partial charge on any atom is -0.493 e. The van der Waals surface area contributed by atoms with E-state index in [2.05, 4.69) is 46.1 Å². The van der Waals surface area contributed by atoms with Gasteiger partial charge in [-0.05, 0) is 44.7 Å². The van der Waals surface area contributed by atoms with Gasteiger partial charge in [0.2, 0.25) is 5.91 Å². The highest BCUT2D eigenvalue weighted by molar-refractivity contribution is 5.86. The first-order valence-corrected chi connectivity index (χ1v) is 11.8. The van der Waals surface area contributed by atoms with Gasteiger partial charge in [-0.3, -0.25) is 4.79 Å². The second-order valence-electron chi connectivity index (χ2n) is 8.60. The molecule has 1 aromatic carbocycles. The number of ether oxygens (including phenoxy) is 2. The summed E-state index contributed by atoms with van der Waals surface area (Å²) >= 11 is 0. The zero-order valence-electron chi connectivity index (χ0n) is 19.0. The Morgan fingerprint density at radius 1 is 1.19 bits per heavy atom. The van der Waals surface area contributed by atoms with Gasteiger partial charge in [0.15, 0.2) is 5.96 Å². The van der Waals surface area contributed by atoms with Crippen LogP contribution in [0, 0.1) is 12.8 Å². The summed E-state index contributed by atoms with van der Waals surface area (Å²) in [6, 6.07) is 6.53. The second-order valence-corrected chi connectivity index (χ2v) is 8.60. The number of benzene rings is 1. The molecule has 1 unspecified atom stereocenters. The van der Waals surface area contributed by atoms with Crippen molar-refractivity contribution in [3.63, 3.8) is 0 Å². The minimum absolute atomic E-state index is 0.0237. The number of hydrogen-bond donors (Lipinski definition) is 3. The van der Waals surface area contributed by atoms with E-state index in [1.807, 2.05) is 6.92 Å². The fourth-order valence-corrected chi connectivity index (χ4v) is 4.04. The van der Waals surface area contributed by atoms with E-state index < -0.39 is 0 Å². The van der Waals surface area contributed by atoms with Gasteiger partial charge in [0.1, 0.15) is 5.75 Å². The highest BCUT2D eigenvalue weighted by Crippen LogP contribution is 2.23. The van der Waals surface area contributed by atoms with Gasteiger partial charge in [-0.25, -0.2) is 4.99 Å². The minimum atomic E-state index is 0.0237. The fraction of sp³-hybridized carbons (Fsp3) is 0.667. The van der Waals surface area contributed by atoms with Crippen LogP contribution in [0.15, 0.2) is 23.2 Å². The second kappa shape index (κ2) is 12.5. The molecule has 2 aliphatic rings. The number of aliphatic imine (C=N–C) groups is 1. The van der Waals surface area contributed by atoms with Crippen LogP contribution in [0.3, 0.4) is 0 Å². The largest absolute Gasteiger partial charge is 0.493 e.